The lowest BCUT2D eigenvalue weighted by Gasteiger charge is -2.27. The summed E-state index contributed by atoms with van der Waals surface area (Å²) >= 11 is 0. The Bertz CT molecular complexity index is 750. The number of nitrogens with one attached hydrogen (secondary N) is 2. The Hall–Kier alpha value is -2.28. The maximum Gasteiger partial charge on any atom is 0.307 e. The third-order valence-electron chi connectivity index (χ3n) is 6.57. The number of aliphatic carboxylic acids is 1. The average molecular weight is 383 g/mol. The van der Waals surface area contributed by atoms with Gasteiger partial charge in [0.2, 0.25) is 0 Å². The van der Waals surface area contributed by atoms with Crippen LogP contribution in [0.1, 0.15) is 67.3 Å². The molecule has 28 heavy (non-hydrogen) atoms. The Morgan fingerprint density at radius 3 is 2.43 bits per heavy atom. The maximum atomic E-state index is 12.2. The van der Waals surface area contributed by atoms with E-state index in [9.17, 15) is 9.90 Å². The number of hydrogen-bond acceptors (Lipinski definition) is 5. The van der Waals surface area contributed by atoms with Gasteiger partial charge in [0.15, 0.2) is 5.82 Å². The van der Waals surface area contributed by atoms with Gasteiger partial charge in [0.05, 0.1) is 5.92 Å². The highest BCUT2D eigenvalue weighted by Gasteiger charge is 2.39. The summed E-state index contributed by atoms with van der Waals surface area (Å²) < 4.78 is 0. The molecule has 150 valence electrons. The molecule has 2 heterocycles. The van der Waals surface area contributed by atoms with E-state index >= 15 is 0 Å². The molecule has 2 atom stereocenters. The molecule has 2 aromatic rings. The maximum absolute atomic E-state index is 12.2. The topological polar surface area (TPSA) is 104 Å². The molecule has 0 spiro atoms. The fraction of sp³-hybridized carbons (Fsp3) is 0.619. The van der Waals surface area contributed by atoms with Crippen molar-refractivity contribution in [1.82, 2.24) is 25.9 Å². The van der Waals surface area contributed by atoms with Crippen LogP contribution < -0.4 is 5.32 Å². The van der Waals surface area contributed by atoms with Crippen LogP contribution >= 0.6 is 0 Å². The number of carboxylic acids is 1. The number of piperidine rings is 1. The van der Waals surface area contributed by atoms with Crippen LogP contribution in [0.5, 0.6) is 0 Å². The molecular formula is C21H29N5O2. The van der Waals surface area contributed by atoms with E-state index in [1.165, 1.54) is 18.4 Å². The van der Waals surface area contributed by atoms with Crippen molar-refractivity contribution in [3.05, 3.63) is 41.2 Å². The summed E-state index contributed by atoms with van der Waals surface area (Å²) in [6, 6.07) is 8.73. The summed E-state index contributed by atoms with van der Waals surface area (Å²) in [5, 5.41) is 27.9. The minimum atomic E-state index is -0.743. The minimum absolute atomic E-state index is 0.190. The van der Waals surface area contributed by atoms with Crippen molar-refractivity contribution in [2.45, 2.75) is 56.8 Å². The molecular weight excluding hydrogens is 354 g/mol. The van der Waals surface area contributed by atoms with E-state index in [0.29, 0.717) is 18.2 Å². The molecule has 1 aromatic carbocycles. The monoisotopic (exact) mass is 383 g/mol. The van der Waals surface area contributed by atoms with Gasteiger partial charge in [-0.15, -0.1) is 10.2 Å². The molecule has 1 saturated heterocycles. The lowest BCUT2D eigenvalue weighted by molar-refractivity contribution is -0.144. The first-order chi connectivity index (χ1) is 13.7. The molecule has 1 saturated carbocycles. The second-order valence-electron chi connectivity index (χ2n) is 8.26. The second-order valence-corrected chi connectivity index (χ2v) is 8.26. The quantitative estimate of drug-likeness (QED) is 0.679. The van der Waals surface area contributed by atoms with Gasteiger partial charge in [-0.05, 0) is 68.2 Å². The third kappa shape index (κ3) is 4.24. The van der Waals surface area contributed by atoms with Crippen LogP contribution in [-0.2, 0) is 11.2 Å². The molecule has 4 rings (SSSR count). The standard InChI is InChI=1S/C21H29N5O2/c27-21(28)19(17-3-1-2-4-17)18(20-23-25-26-24-20)13-14-5-7-15(8-6-14)16-9-11-22-12-10-16/h5-8,16-19,22H,1-4,9-13H2,(H,27,28)(H,23,24,25,26)/t18-,19?/m0/s1. The average Bonchev–Trinajstić information content (AvgIpc) is 3.43. The number of rotatable bonds is 7. The smallest absolute Gasteiger partial charge is 0.307 e. The van der Waals surface area contributed by atoms with Crippen LogP contribution in [0.25, 0.3) is 0 Å². The number of aromatic nitrogens is 4. The zero-order valence-electron chi connectivity index (χ0n) is 16.2. The fourth-order valence-corrected chi connectivity index (χ4v) is 5.06. The molecule has 0 radical (unpaired) electrons. The number of H-pyrrole nitrogens is 1. The van der Waals surface area contributed by atoms with Crippen LogP contribution in [0.2, 0.25) is 0 Å². The van der Waals surface area contributed by atoms with E-state index in [4.69, 9.17) is 0 Å². The van der Waals surface area contributed by atoms with Crippen LogP contribution in [-0.4, -0.2) is 44.8 Å². The van der Waals surface area contributed by atoms with Gasteiger partial charge < -0.3 is 10.4 Å². The van der Waals surface area contributed by atoms with E-state index in [0.717, 1.165) is 44.3 Å². The van der Waals surface area contributed by atoms with Crippen LogP contribution in [0, 0.1) is 11.8 Å². The zero-order chi connectivity index (χ0) is 19.3. The van der Waals surface area contributed by atoms with Crippen molar-refractivity contribution in [3.63, 3.8) is 0 Å². The molecule has 0 bridgehead atoms. The first kappa shape index (κ1) is 19.1. The highest BCUT2D eigenvalue weighted by atomic mass is 16.4. The largest absolute Gasteiger partial charge is 0.481 e. The third-order valence-corrected chi connectivity index (χ3v) is 6.57. The lowest BCUT2D eigenvalue weighted by atomic mass is 9.77. The van der Waals surface area contributed by atoms with Crippen molar-refractivity contribution in [2.24, 2.45) is 11.8 Å². The second kappa shape index (κ2) is 8.82. The molecule has 2 aliphatic rings. The zero-order valence-corrected chi connectivity index (χ0v) is 16.2. The van der Waals surface area contributed by atoms with Crippen molar-refractivity contribution in [1.29, 1.82) is 0 Å². The number of nitrogens with zero attached hydrogens (tertiary/aromatic N) is 3. The SMILES string of the molecule is O=C(O)C(C1CCCC1)[C@H](Cc1ccc(C2CCNCC2)cc1)c1nn[nH]n1. The van der Waals surface area contributed by atoms with Gasteiger partial charge in [-0.1, -0.05) is 42.3 Å². The van der Waals surface area contributed by atoms with Crippen LogP contribution in [0.4, 0.5) is 0 Å². The van der Waals surface area contributed by atoms with Crippen molar-refractivity contribution in [2.75, 3.05) is 13.1 Å². The van der Waals surface area contributed by atoms with Crippen LogP contribution in [0.15, 0.2) is 24.3 Å². The van der Waals surface area contributed by atoms with E-state index < -0.39 is 11.9 Å². The van der Waals surface area contributed by atoms with Gasteiger partial charge in [0.1, 0.15) is 0 Å². The molecule has 1 unspecified atom stereocenters. The highest BCUT2D eigenvalue weighted by Crippen LogP contribution is 2.40. The number of carbonyl (C=O) groups is 1. The Morgan fingerprint density at radius 2 is 1.82 bits per heavy atom. The van der Waals surface area contributed by atoms with Gasteiger partial charge >= 0.3 is 5.97 Å². The molecule has 1 aromatic heterocycles. The van der Waals surface area contributed by atoms with Crippen molar-refractivity contribution in [3.8, 4) is 0 Å². The van der Waals surface area contributed by atoms with Gasteiger partial charge in [0.25, 0.3) is 0 Å². The number of benzene rings is 1. The summed E-state index contributed by atoms with van der Waals surface area (Å²) in [4.78, 5) is 12.2. The number of carboxylic acid groups (broad SMARTS) is 1. The Balaban J connectivity index is 1.54. The van der Waals surface area contributed by atoms with Gasteiger partial charge in [0, 0.05) is 5.92 Å². The van der Waals surface area contributed by atoms with Crippen molar-refractivity contribution >= 4 is 5.97 Å². The molecule has 2 fully saturated rings. The molecule has 3 N–H and O–H groups in total. The molecule has 0 amide bonds. The van der Waals surface area contributed by atoms with E-state index in [2.05, 4.69) is 50.2 Å². The number of aromatic amines is 1. The van der Waals surface area contributed by atoms with Gasteiger partial charge in [-0.3, -0.25) is 4.79 Å². The summed E-state index contributed by atoms with van der Waals surface area (Å²) in [5.74, 6) is -0.147. The predicted octanol–water partition coefficient (Wildman–Crippen LogP) is 2.88. The number of tetrazole rings is 1. The Kier molecular flexibility index (Phi) is 6.00. The molecule has 7 nitrogen and oxygen atoms in total. The summed E-state index contributed by atoms with van der Waals surface area (Å²) in [5.41, 5.74) is 2.52. The highest BCUT2D eigenvalue weighted by molar-refractivity contribution is 5.71. The first-order valence-corrected chi connectivity index (χ1v) is 10.5. The normalized spacial score (nSPS) is 20.9. The molecule has 7 heteroatoms. The van der Waals surface area contributed by atoms with Crippen LogP contribution in [0.3, 0.4) is 0 Å². The predicted molar refractivity (Wildman–Crippen MR) is 105 cm³/mol. The van der Waals surface area contributed by atoms with Crippen molar-refractivity contribution < 1.29 is 9.90 Å². The van der Waals surface area contributed by atoms with E-state index in [1.54, 1.807) is 0 Å². The number of hydrogen-bond donors (Lipinski definition) is 3. The Labute approximate surface area is 165 Å². The summed E-state index contributed by atoms with van der Waals surface area (Å²) in [6.45, 7) is 2.15. The summed E-state index contributed by atoms with van der Waals surface area (Å²) in [7, 11) is 0. The van der Waals surface area contributed by atoms with E-state index in [1.807, 2.05) is 0 Å². The van der Waals surface area contributed by atoms with Gasteiger partial charge in [-0.2, -0.15) is 5.21 Å². The molecule has 1 aliphatic heterocycles. The fourth-order valence-electron chi connectivity index (χ4n) is 5.06. The van der Waals surface area contributed by atoms with Gasteiger partial charge in [-0.25, -0.2) is 0 Å². The van der Waals surface area contributed by atoms with E-state index in [-0.39, 0.29) is 11.8 Å². The lowest BCUT2D eigenvalue weighted by Crippen LogP contribution is -2.30. The first-order valence-electron chi connectivity index (χ1n) is 10.5. The Morgan fingerprint density at radius 1 is 1.11 bits per heavy atom. The molecule has 1 aliphatic carbocycles. The summed E-state index contributed by atoms with van der Waals surface area (Å²) in [6.07, 6.45) is 7.14. The minimum Gasteiger partial charge on any atom is -0.481 e.